The van der Waals surface area contributed by atoms with Gasteiger partial charge in [0, 0.05) is 32.8 Å². The number of nitrogens with zero attached hydrogens (tertiary/aromatic N) is 3. The van der Waals surface area contributed by atoms with E-state index in [9.17, 15) is 9.59 Å². The third kappa shape index (κ3) is 7.63. The smallest absolute Gasteiger partial charge is 0.407 e. The molecule has 0 radical (unpaired) electrons. The first-order chi connectivity index (χ1) is 6.93. The first-order valence-electron chi connectivity index (χ1n) is 4.57. The quantitative estimate of drug-likeness (QED) is 0.662. The molecule has 0 saturated heterocycles. The standard InChI is InChI=1S/C9H17N3O3/c1-11(2)7-5-10-8(13)4-6-12(3)9(14)15/h5H,4,6-7H2,1-3H3,(H,14,15). The van der Waals surface area contributed by atoms with Crippen LogP contribution in [0, 0.1) is 0 Å². The van der Waals surface area contributed by atoms with E-state index < -0.39 is 6.09 Å². The summed E-state index contributed by atoms with van der Waals surface area (Å²) in [6, 6.07) is 0. The summed E-state index contributed by atoms with van der Waals surface area (Å²) >= 11 is 0. The van der Waals surface area contributed by atoms with Crippen LogP contribution in [0.15, 0.2) is 4.99 Å². The van der Waals surface area contributed by atoms with Gasteiger partial charge >= 0.3 is 6.09 Å². The Morgan fingerprint density at radius 3 is 2.40 bits per heavy atom. The van der Waals surface area contributed by atoms with Crippen LogP contribution in [0.1, 0.15) is 6.42 Å². The van der Waals surface area contributed by atoms with E-state index in [1.165, 1.54) is 13.3 Å². The van der Waals surface area contributed by atoms with E-state index in [1.807, 2.05) is 19.0 Å². The molecule has 6 heteroatoms. The maximum atomic E-state index is 11.1. The highest BCUT2D eigenvalue weighted by Crippen LogP contribution is 1.90. The Hall–Kier alpha value is -1.43. The molecule has 0 fully saturated rings. The monoisotopic (exact) mass is 215 g/mol. The number of rotatable bonds is 5. The molecule has 0 saturated carbocycles. The van der Waals surface area contributed by atoms with Crippen molar-refractivity contribution in [2.45, 2.75) is 6.42 Å². The Morgan fingerprint density at radius 2 is 1.93 bits per heavy atom. The van der Waals surface area contributed by atoms with E-state index >= 15 is 0 Å². The second-order valence-electron chi connectivity index (χ2n) is 3.42. The lowest BCUT2D eigenvalue weighted by Crippen LogP contribution is -2.27. The molecule has 1 N–H and O–H groups in total. The second-order valence-corrected chi connectivity index (χ2v) is 3.42. The van der Waals surface area contributed by atoms with Crippen LogP contribution in [0.5, 0.6) is 0 Å². The highest BCUT2D eigenvalue weighted by molar-refractivity contribution is 5.85. The molecule has 6 nitrogen and oxygen atoms in total. The van der Waals surface area contributed by atoms with Gasteiger partial charge < -0.3 is 14.9 Å². The van der Waals surface area contributed by atoms with Crippen molar-refractivity contribution >= 4 is 18.2 Å². The fraction of sp³-hybridized carbons (Fsp3) is 0.667. The third-order valence-corrected chi connectivity index (χ3v) is 1.67. The zero-order valence-electron chi connectivity index (χ0n) is 9.30. The Kier molecular flexibility index (Phi) is 6.28. The van der Waals surface area contributed by atoms with Gasteiger partial charge in [-0.1, -0.05) is 0 Å². The maximum absolute atomic E-state index is 11.1. The predicted octanol–water partition coefficient (Wildman–Crippen LogP) is 0.145. The van der Waals surface area contributed by atoms with E-state index in [0.717, 1.165) is 4.90 Å². The molecule has 0 unspecified atom stereocenters. The molecule has 0 rings (SSSR count). The van der Waals surface area contributed by atoms with Crippen molar-refractivity contribution in [3.05, 3.63) is 0 Å². The van der Waals surface area contributed by atoms with Gasteiger partial charge in [0.05, 0.1) is 0 Å². The molecule has 0 bridgehead atoms. The zero-order valence-corrected chi connectivity index (χ0v) is 9.30. The largest absolute Gasteiger partial charge is 0.465 e. The first-order valence-corrected chi connectivity index (χ1v) is 4.57. The SMILES string of the molecule is CN(C)CC=NC(=O)CCN(C)C(=O)O. The molecule has 0 atom stereocenters. The number of carboxylic acid groups (broad SMARTS) is 1. The summed E-state index contributed by atoms with van der Waals surface area (Å²) in [6.45, 7) is 0.772. The van der Waals surface area contributed by atoms with Gasteiger partial charge in [-0.25, -0.2) is 9.79 Å². The van der Waals surface area contributed by atoms with Crippen LogP contribution in [0.4, 0.5) is 4.79 Å². The van der Waals surface area contributed by atoms with Gasteiger partial charge in [-0.2, -0.15) is 0 Å². The Morgan fingerprint density at radius 1 is 1.33 bits per heavy atom. The summed E-state index contributed by atoms with van der Waals surface area (Å²) in [5.74, 6) is -0.301. The molecule has 0 aromatic carbocycles. The minimum atomic E-state index is -1.04. The van der Waals surface area contributed by atoms with Gasteiger partial charge in [-0.3, -0.25) is 4.79 Å². The normalized spacial score (nSPS) is 10.9. The molecule has 0 heterocycles. The van der Waals surface area contributed by atoms with Crippen LogP contribution >= 0.6 is 0 Å². The van der Waals surface area contributed by atoms with Crippen LogP contribution in [-0.4, -0.2) is 67.4 Å². The van der Waals surface area contributed by atoms with Gasteiger partial charge in [-0.05, 0) is 14.1 Å². The van der Waals surface area contributed by atoms with Crippen molar-refractivity contribution in [3.8, 4) is 0 Å². The van der Waals surface area contributed by atoms with Crippen LogP contribution in [0.2, 0.25) is 0 Å². The molecular weight excluding hydrogens is 198 g/mol. The van der Waals surface area contributed by atoms with Crippen molar-refractivity contribution in [1.82, 2.24) is 9.80 Å². The molecule has 86 valence electrons. The van der Waals surface area contributed by atoms with Gasteiger partial charge in [0.1, 0.15) is 0 Å². The van der Waals surface area contributed by atoms with E-state index in [0.29, 0.717) is 6.54 Å². The lowest BCUT2D eigenvalue weighted by atomic mass is 10.4. The van der Waals surface area contributed by atoms with Crippen LogP contribution in [0.25, 0.3) is 0 Å². The number of amides is 2. The Bertz CT molecular complexity index is 251. The topological polar surface area (TPSA) is 73.2 Å². The molecule has 0 spiro atoms. The van der Waals surface area contributed by atoms with Crippen LogP contribution < -0.4 is 0 Å². The molecular formula is C9H17N3O3. The second kappa shape index (κ2) is 6.94. The summed E-state index contributed by atoms with van der Waals surface area (Å²) in [5.41, 5.74) is 0. The minimum absolute atomic E-state index is 0.118. The van der Waals surface area contributed by atoms with E-state index in [2.05, 4.69) is 4.99 Å². The van der Waals surface area contributed by atoms with E-state index in [4.69, 9.17) is 5.11 Å². The molecule has 0 aliphatic heterocycles. The summed E-state index contributed by atoms with van der Waals surface area (Å²) in [4.78, 5) is 28.1. The average Bonchev–Trinajstić information content (AvgIpc) is 2.13. The van der Waals surface area contributed by atoms with Gasteiger partial charge in [0.2, 0.25) is 5.91 Å². The molecule has 0 aliphatic carbocycles. The maximum Gasteiger partial charge on any atom is 0.407 e. The van der Waals surface area contributed by atoms with Gasteiger partial charge in [-0.15, -0.1) is 0 Å². The lowest BCUT2D eigenvalue weighted by Gasteiger charge is -2.10. The minimum Gasteiger partial charge on any atom is -0.465 e. The number of hydrogen-bond acceptors (Lipinski definition) is 3. The van der Waals surface area contributed by atoms with Crippen molar-refractivity contribution in [2.24, 2.45) is 4.99 Å². The first kappa shape index (κ1) is 13.6. The van der Waals surface area contributed by atoms with Gasteiger partial charge in [0.25, 0.3) is 0 Å². The van der Waals surface area contributed by atoms with Crippen molar-refractivity contribution in [2.75, 3.05) is 34.2 Å². The molecule has 0 aromatic heterocycles. The van der Waals surface area contributed by atoms with Gasteiger partial charge in [0.15, 0.2) is 0 Å². The number of carbonyl (C=O) groups is 2. The molecule has 15 heavy (non-hydrogen) atoms. The Balaban J connectivity index is 3.75. The summed E-state index contributed by atoms with van der Waals surface area (Å²) < 4.78 is 0. The number of aliphatic imine (C=N–C) groups is 1. The summed E-state index contributed by atoms with van der Waals surface area (Å²) in [5, 5.41) is 8.51. The number of carbonyl (C=O) groups excluding carboxylic acids is 1. The van der Waals surface area contributed by atoms with Crippen molar-refractivity contribution < 1.29 is 14.7 Å². The summed E-state index contributed by atoms with van der Waals surface area (Å²) in [7, 11) is 5.16. The molecule has 0 aliphatic rings. The third-order valence-electron chi connectivity index (χ3n) is 1.67. The fourth-order valence-electron chi connectivity index (χ4n) is 0.729. The summed E-state index contributed by atoms with van der Waals surface area (Å²) in [6.07, 6.45) is 0.593. The zero-order chi connectivity index (χ0) is 11.8. The van der Waals surface area contributed by atoms with Crippen LogP contribution in [0.3, 0.4) is 0 Å². The van der Waals surface area contributed by atoms with E-state index in [-0.39, 0.29) is 18.9 Å². The highest BCUT2D eigenvalue weighted by Gasteiger charge is 2.06. The van der Waals surface area contributed by atoms with Crippen molar-refractivity contribution in [1.29, 1.82) is 0 Å². The molecule has 0 aromatic rings. The van der Waals surface area contributed by atoms with Crippen LogP contribution in [-0.2, 0) is 4.79 Å². The predicted molar refractivity (Wildman–Crippen MR) is 57.3 cm³/mol. The Labute approximate surface area is 89.2 Å². The number of hydrogen-bond donors (Lipinski definition) is 1. The fourth-order valence-corrected chi connectivity index (χ4v) is 0.729. The van der Waals surface area contributed by atoms with Crippen molar-refractivity contribution in [3.63, 3.8) is 0 Å². The lowest BCUT2D eigenvalue weighted by molar-refractivity contribution is -0.117. The highest BCUT2D eigenvalue weighted by atomic mass is 16.4. The molecule has 2 amide bonds. The van der Waals surface area contributed by atoms with E-state index in [1.54, 1.807) is 0 Å². The average molecular weight is 215 g/mol.